The number of fused-ring (bicyclic) bond motifs is 1. The van der Waals surface area contributed by atoms with Gasteiger partial charge in [-0.25, -0.2) is 8.42 Å². The van der Waals surface area contributed by atoms with Crippen molar-refractivity contribution in [3.63, 3.8) is 0 Å². The number of carbonyl (C=O) groups is 3. The monoisotopic (exact) mass is 433 g/mol. The summed E-state index contributed by atoms with van der Waals surface area (Å²) in [7, 11) is -3.34. The van der Waals surface area contributed by atoms with Gasteiger partial charge in [0.15, 0.2) is 0 Å². The molecule has 29 heavy (non-hydrogen) atoms. The summed E-state index contributed by atoms with van der Waals surface area (Å²) in [6.07, 6.45) is 0.540. The van der Waals surface area contributed by atoms with Gasteiger partial charge in [0.25, 0.3) is 11.8 Å². The average molecular weight is 434 g/mol. The third kappa shape index (κ3) is 3.47. The molecule has 1 saturated heterocycles. The van der Waals surface area contributed by atoms with Crippen LogP contribution in [0.4, 0.5) is 11.4 Å². The summed E-state index contributed by atoms with van der Waals surface area (Å²) in [5, 5.41) is 2.71. The first-order valence-corrected chi connectivity index (χ1v) is 10.8. The molecule has 0 unspecified atom stereocenters. The van der Waals surface area contributed by atoms with Crippen LogP contribution < -0.4 is 9.62 Å². The Bertz CT molecular complexity index is 1110. The lowest BCUT2D eigenvalue weighted by molar-refractivity contribution is -0.116. The van der Waals surface area contributed by atoms with Crippen molar-refractivity contribution >= 4 is 50.7 Å². The largest absolute Gasteiger partial charge is 0.323 e. The van der Waals surface area contributed by atoms with Crippen LogP contribution in [0.15, 0.2) is 42.5 Å². The number of imide groups is 1. The highest BCUT2D eigenvalue weighted by molar-refractivity contribution is 7.93. The molecular weight excluding hydrogens is 418 g/mol. The van der Waals surface area contributed by atoms with Crippen LogP contribution in [0, 0.1) is 0 Å². The lowest BCUT2D eigenvalue weighted by Crippen LogP contribution is -2.37. The van der Waals surface area contributed by atoms with Gasteiger partial charge in [-0.15, -0.1) is 0 Å². The van der Waals surface area contributed by atoms with E-state index in [-0.39, 0.29) is 27.6 Å². The van der Waals surface area contributed by atoms with E-state index in [4.69, 9.17) is 11.6 Å². The third-order valence-corrected chi connectivity index (χ3v) is 6.98. The lowest BCUT2D eigenvalue weighted by Gasteiger charge is -2.18. The van der Waals surface area contributed by atoms with Gasteiger partial charge in [0.2, 0.25) is 15.9 Å². The highest BCUT2D eigenvalue weighted by atomic mass is 35.5. The van der Waals surface area contributed by atoms with E-state index >= 15 is 0 Å². The molecule has 2 aromatic rings. The smallest absolute Gasteiger partial charge is 0.262 e. The molecule has 0 atom stereocenters. The number of benzene rings is 2. The van der Waals surface area contributed by atoms with Gasteiger partial charge in [0, 0.05) is 6.54 Å². The van der Waals surface area contributed by atoms with Crippen LogP contribution in [-0.2, 0) is 14.8 Å². The van der Waals surface area contributed by atoms with Gasteiger partial charge in [-0.05, 0) is 36.8 Å². The Hall–Kier alpha value is -2.91. The quantitative estimate of drug-likeness (QED) is 0.744. The second-order valence-corrected chi connectivity index (χ2v) is 9.12. The molecule has 0 aromatic heterocycles. The molecule has 2 aliphatic rings. The molecule has 0 radical (unpaired) electrons. The second kappa shape index (κ2) is 7.16. The molecule has 10 heteroatoms. The molecule has 150 valence electrons. The van der Waals surface area contributed by atoms with Gasteiger partial charge in [0.1, 0.15) is 6.54 Å². The molecule has 0 aliphatic carbocycles. The van der Waals surface area contributed by atoms with E-state index < -0.39 is 34.3 Å². The SMILES string of the molecule is O=C(CN1C(=O)c2ccccc2C1=O)Nc1ccc(N2CCCS2(=O)=O)cc1Cl. The zero-order valence-corrected chi connectivity index (χ0v) is 16.7. The molecule has 0 bridgehead atoms. The Labute approximate surface area is 172 Å². The standard InChI is InChI=1S/C19H16ClN3O5S/c20-15-10-12(23-8-3-9-29(23,27)28)6-7-16(15)21-17(24)11-22-18(25)13-4-1-2-5-14(13)19(22)26/h1-2,4-7,10H,3,8-9,11H2,(H,21,24). The van der Waals surface area contributed by atoms with Gasteiger partial charge in [-0.2, -0.15) is 0 Å². The second-order valence-electron chi connectivity index (χ2n) is 6.70. The number of nitrogens with zero attached hydrogens (tertiary/aromatic N) is 2. The predicted molar refractivity (Wildman–Crippen MR) is 108 cm³/mol. The summed E-state index contributed by atoms with van der Waals surface area (Å²) in [6, 6.07) is 10.9. The minimum absolute atomic E-state index is 0.0867. The molecular formula is C19H16ClN3O5S. The summed E-state index contributed by atoms with van der Waals surface area (Å²) in [5.41, 5.74) is 1.21. The maximum Gasteiger partial charge on any atom is 0.262 e. The lowest BCUT2D eigenvalue weighted by atomic mass is 10.1. The van der Waals surface area contributed by atoms with Crippen molar-refractivity contribution in [2.24, 2.45) is 0 Å². The van der Waals surface area contributed by atoms with Crippen molar-refractivity contribution in [3.05, 3.63) is 58.6 Å². The molecule has 1 N–H and O–H groups in total. The van der Waals surface area contributed by atoms with Crippen molar-refractivity contribution in [2.75, 3.05) is 28.5 Å². The highest BCUT2D eigenvalue weighted by Gasteiger charge is 2.36. The van der Waals surface area contributed by atoms with Crippen molar-refractivity contribution in [1.82, 2.24) is 4.90 Å². The van der Waals surface area contributed by atoms with Crippen LogP contribution >= 0.6 is 11.6 Å². The van der Waals surface area contributed by atoms with E-state index in [0.717, 1.165) is 4.90 Å². The molecule has 8 nitrogen and oxygen atoms in total. The molecule has 4 rings (SSSR count). The Morgan fingerprint density at radius 1 is 1.07 bits per heavy atom. The van der Waals surface area contributed by atoms with Gasteiger partial charge in [0.05, 0.1) is 33.3 Å². The molecule has 2 aromatic carbocycles. The normalized spacial score (nSPS) is 17.6. The first-order chi connectivity index (χ1) is 13.8. The van der Waals surface area contributed by atoms with Gasteiger partial charge < -0.3 is 5.32 Å². The molecule has 1 fully saturated rings. The van der Waals surface area contributed by atoms with Gasteiger partial charge in [-0.1, -0.05) is 23.7 Å². The maximum absolute atomic E-state index is 12.4. The van der Waals surface area contributed by atoms with Crippen LogP contribution in [0.25, 0.3) is 0 Å². The average Bonchev–Trinajstić information content (AvgIpc) is 3.15. The zero-order valence-electron chi connectivity index (χ0n) is 15.1. The fourth-order valence-corrected chi connectivity index (χ4v) is 5.18. The van der Waals surface area contributed by atoms with E-state index in [9.17, 15) is 22.8 Å². The minimum Gasteiger partial charge on any atom is -0.323 e. The molecule has 2 heterocycles. The van der Waals surface area contributed by atoms with Crippen LogP contribution in [0.1, 0.15) is 27.1 Å². The van der Waals surface area contributed by atoms with Gasteiger partial charge in [-0.3, -0.25) is 23.6 Å². The zero-order chi connectivity index (χ0) is 20.8. The fraction of sp³-hybridized carbons (Fsp3) is 0.211. The first-order valence-electron chi connectivity index (χ1n) is 8.83. The minimum atomic E-state index is -3.34. The topological polar surface area (TPSA) is 104 Å². The number of rotatable bonds is 4. The van der Waals surface area contributed by atoms with E-state index in [1.165, 1.54) is 28.6 Å². The van der Waals surface area contributed by atoms with E-state index in [1.54, 1.807) is 18.2 Å². The molecule has 0 saturated carbocycles. The number of nitrogens with one attached hydrogen (secondary N) is 1. The summed E-state index contributed by atoms with van der Waals surface area (Å²) >= 11 is 6.21. The Balaban J connectivity index is 1.47. The Kier molecular flexibility index (Phi) is 4.79. The molecule has 2 aliphatic heterocycles. The molecule has 0 spiro atoms. The summed E-state index contributed by atoms with van der Waals surface area (Å²) in [4.78, 5) is 38.0. The third-order valence-electron chi connectivity index (χ3n) is 4.79. The number of halogens is 1. The number of hydrogen-bond acceptors (Lipinski definition) is 5. The van der Waals surface area contributed by atoms with Crippen molar-refractivity contribution in [3.8, 4) is 0 Å². The number of amides is 3. The predicted octanol–water partition coefficient (Wildman–Crippen LogP) is 2.11. The van der Waals surface area contributed by atoms with Crippen LogP contribution in [0.3, 0.4) is 0 Å². The fourth-order valence-electron chi connectivity index (χ4n) is 3.41. The van der Waals surface area contributed by atoms with E-state index in [2.05, 4.69) is 5.32 Å². The van der Waals surface area contributed by atoms with Crippen molar-refractivity contribution < 1.29 is 22.8 Å². The van der Waals surface area contributed by atoms with Crippen molar-refractivity contribution in [2.45, 2.75) is 6.42 Å². The Morgan fingerprint density at radius 2 is 1.72 bits per heavy atom. The van der Waals surface area contributed by atoms with E-state index in [1.807, 2.05) is 0 Å². The number of anilines is 2. The first kappa shape index (κ1) is 19.4. The summed E-state index contributed by atoms with van der Waals surface area (Å²) in [6.45, 7) is -0.0744. The summed E-state index contributed by atoms with van der Waals surface area (Å²) in [5.74, 6) is -1.56. The number of carbonyl (C=O) groups excluding carboxylic acids is 3. The highest BCUT2D eigenvalue weighted by Crippen LogP contribution is 2.31. The van der Waals surface area contributed by atoms with Crippen LogP contribution in [0.2, 0.25) is 5.02 Å². The van der Waals surface area contributed by atoms with Crippen LogP contribution in [0.5, 0.6) is 0 Å². The van der Waals surface area contributed by atoms with Crippen molar-refractivity contribution in [1.29, 1.82) is 0 Å². The van der Waals surface area contributed by atoms with Crippen LogP contribution in [-0.4, -0.2) is 49.9 Å². The number of hydrogen-bond donors (Lipinski definition) is 1. The number of sulfonamides is 1. The van der Waals surface area contributed by atoms with Gasteiger partial charge >= 0.3 is 0 Å². The molecule has 3 amide bonds. The Morgan fingerprint density at radius 3 is 2.28 bits per heavy atom. The maximum atomic E-state index is 12.4. The van der Waals surface area contributed by atoms with E-state index in [0.29, 0.717) is 18.7 Å². The summed E-state index contributed by atoms with van der Waals surface area (Å²) < 4.78 is 25.3.